The summed E-state index contributed by atoms with van der Waals surface area (Å²) in [6.45, 7) is 0. The molecule has 1 aromatic carbocycles. The Balaban J connectivity index is 1.83. The number of hydrogen-bond acceptors (Lipinski definition) is 2. The van der Waals surface area contributed by atoms with Crippen LogP contribution in [0.25, 0.3) is 0 Å². The lowest BCUT2D eigenvalue weighted by atomic mass is 10.1. The number of benzene rings is 1. The van der Waals surface area contributed by atoms with Crippen LogP contribution in [0.3, 0.4) is 0 Å². The molecular weight excluding hydrogens is 204 g/mol. The molecule has 4 heteroatoms. The summed E-state index contributed by atoms with van der Waals surface area (Å²) in [7, 11) is 0. The molecular formula is C12H12N2O2. The molecule has 0 aromatic heterocycles. The lowest BCUT2D eigenvalue weighted by Crippen LogP contribution is -2.25. The van der Waals surface area contributed by atoms with E-state index in [0.717, 1.165) is 24.1 Å². The molecule has 82 valence electrons. The van der Waals surface area contributed by atoms with Crippen LogP contribution in [0.15, 0.2) is 18.2 Å². The van der Waals surface area contributed by atoms with Crippen LogP contribution in [0.5, 0.6) is 0 Å². The molecule has 2 aliphatic rings. The molecule has 0 spiro atoms. The van der Waals surface area contributed by atoms with Crippen molar-refractivity contribution in [1.82, 2.24) is 5.32 Å². The molecule has 0 saturated heterocycles. The van der Waals surface area contributed by atoms with Crippen LogP contribution in [-0.2, 0) is 11.2 Å². The minimum absolute atomic E-state index is 0.00486. The van der Waals surface area contributed by atoms with Crippen LogP contribution in [0.1, 0.15) is 28.8 Å². The minimum atomic E-state index is -0.0374. The van der Waals surface area contributed by atoms with Crippen LogP contribution in [-0.4, -0.2) is 17.9 Å². The second-order valence-electron chi connectivity index (χ2n) is 4.34. The number of amides is 2. The Bertz CT molecular complexity index is 478. The number of carbonyl (C=O) groups excluding carboxylic acids is 2. The third kappa shape index (κ3) is 1.66. The van der Waals surface area contributed by atoms with Gasteiger partial charge in [-0.05, 0) is 36.6 Å². The van der Waals surface area contributed by atoms with Crippen LogP contribution >= 0.6 is 0 Å². The van der Waals surface area contributed by atoms with E-state index in [4.69, 9.17) is 0 Å². The maximum absolute atomic E-state index is 11.8. The van der Waals surface area contributed by atoms with Crippen molar-refractivity contribution in [1.29, 1.82) is 0 Å². The highest BCUT2D eigenvalue weighted by Crippen LogP contribution is 2.24. The molecule has 1 aromatic rings. The third-order valence-electron chi connectivity index (χ3n) is 2.91. The molecule has 0 bridgehead atoms. The lowest BCUT2D eigenvalue weighted by Gasteiger charge is -2.04. The fourth-order valence-electron chi connectivity index (χ4n) is 1.87. The Labute approximate surface area is 93.0 Å². The molecule has 2 N–H and O–H groups in total. The monoisotopic (exact) mass is 216 g/mol. The van der Waals surface area contributed by atoms with Gasteiger partial charge in [-0.25, -0.2) is 0 Å². The third-order valence-corrected chi connectivity index (χ3v) is 2.91. The Kier molecular flexibility index (Phi) is 1.96. The Morgan fingerprint density at radius 1 is 1.38 bits per heavy atom. The Hall–Kier alpha value is -1.84. The molecule has 1 heterocycles. The van der Waals surface area contributed by atoms with Crippen molar-refractivity contribution in [2.45, 2.75) is 25.3 Å². The van der Waals surface area contributed by atoms with Gasteiger partial charge in [0, 0.05) is 17.3 Å². The summed E-state index contributed by atoms with van der Waals surface area (Å²) in [5, 5.41) is 5.67. The molecule has 4 nitrogen and oxygen atoms in total. The fourth-order valence-corrected chi connectivity index (χ4v) is 1.87. The zero-order valence-electron chi connectivity index (χ0n) is 8.75. The number of nitrogens with one attached hydrogen (secondary N) is 2. The maximum Gasteiger partial charge on any atom is 0.251 e. The topological polar surface area (TPSA) is 58.2 Å². The first kappa shape index (κ1) is 9.39. The number of fused-ring (bicyclic) bond motifs is 1. The highest BCUT2D eigenvalue weighted by Gasteiger charge is 2.25. The van der Waals surface area contributed by atoms with Gasteiger partial charge in [-0.3, -0.25) is 9.59 Å². The quantitative estimate of drug-likeness (QED) is 0.777. The van der Waals surface area contributed by atoms with Gasteiger partial charge in [0.15, 0.2) is 0 Å². The number of carbonyl (C=O) groups is 2. The number of rotatable bonds is 2. The van der Waals surface area contributed by atoms with Gasteiger partial charge in [-0.1, -0.05) is 0 Å². The van der Waals surface area contributed by atoms with E-state index in [-0.39, 0.29) is 11.8 Å². The molecule has 0 radical (unpaired) electrons. The highest BCUT2D eigenvalue weighted by molar-refractivity contribution is 6.01. The predicted octanol–water partition coefficient (Wildman–Crippen LogP) is 1.07. The van der Waals surface area contributed by atoms with Crippen LogP contribution in [0, 0.1) is 0 Å². The van der Waals surface area contributed by atoms with Crippen LogP contribution in [0.4, 0.5) is 5.69 Å². The van der Waals surface area contributed by atoms with E-state index < -0.39 is 0 Å². The van der Waals surface area contributed by atoms with E-state index in [2.05, 4.69) is 10.6 Å². The first-order valence-corrected chi connectivity index (χ1v) is 5.46. The molecule has 3 rings (SSSR count). The first-order valence-electron chi connectivity index (χ1n) is 5.46. The molecule has 2 amide bonds. The summed E-state index contributed by atoms with van der Waals surface area (Å²) >= 11 is 0. The van der Waals surface area contributed by atoms with E-state index in [9.17, 15) is 9.59 Å². The van der Waals surface area contributed by atoms with Crippen molar-refractivity contribution < 1.29 is 9.59 Å². The van der Waals surface area contributed by atoms with E-state index >= 15 is 0 Å². The highest BCUT2D eigenvalue weighted by atomic mass is 16.2. The average molecular weight is 216 g/mol. The molecule has 0 unspecified atom stereocenters. The van der Waals surface area contributed by atoms with E-state index in [1.54, 1.807) is 18.2 Å². The summed E-state index contributed by atoms with van der Waals surface area (Å²) in [5.74, 6) is -0.0422. The van der Waals surface area contributed by atoms with Crippen molar-refractivity contribution >= 4 is 17.5 Å². The van der Waals surface area contributed by atoms with E-state index in [1.807, 2.05) is 0 Å². The molecule has 1 saturated carbocycles. The van der Waals surface area contributed by atoms with Gasteiger partial charge >= 0.3 is 0 Å². The van der Waals surface area contributed by atoms with Gasteiger partial charge in [0.2, 0.25) is 5.91 Å². The lowest BCUT2D eigenvalue weighted by molar-refractivity contribution is -0.115. The average Bonchev–Trinajstić information content (AvgIpc) is 2.96. The van der Waals surface area contributed by atoms with Gasteiger partial charge in [0.05, 0.1) is 6.42 Å². The van der Waals surface area contributed by atoms with Gasteiger partial charge in [0.1, 0.15) is 0 Å². The fraction of sp³-hybridized carbons (Fsp3) is 0.333. The number of anilines is 1. The molecule has 1 aliphatic heterocycles. The summed E-state index contributed by atoms with van der Waals surface area (Å²) in [4.78, 5) is 22.9. The Morgan fingerprint density at radius 2 is 2.19 bits per heavy atom. The molecule has 1 aliphatic carbocycles. The zero-order chi connectivity index (χ0) is 11.1. The normalized spacial score (nSPS) is 17.9. The summed E-state index contributed by atoms with van der Waals surface area (Å²) in [5.41, 5.74) is 2.38. The zero-order valence-corrected chi connectivity index (χ0v) is 8.75. The largest absolute Gasteiger partial charge is 0.349 e. The molecule has 0 atom stereocenters. The van der Waals surface area contributed by atoms with Gasteiger partial charge in [-0.15, -0.1) is 0 Å². The predicted molar refractivity (Wildman–Crippen MR) is 59.3 cm³/mol. The second-order valence-corrected chi connectivity index (χ2v) is 4.34. The second kappa shape index (κ2) is 3.33. The van der Waals surface area contributed by atoms with Crippen molar-refractivity contribution in [3.8, 4) is 0 Å². The van der Waals surface area contributed by atoms with Crippen molar-refractivity contribution in [3.05, 3.63) is 29.3 Å². The standard InChI is InChI=1S/C12H12N2O2/c15-11-6-8-5-7(1-4-10(8)14-11)12(16)13-9-2-3-9/h1,4-5,9H,2-3,6H2,(H,13,16)(H,14,15). The van der Waals surface area contributed by atoms with E-state index in [1.165, 1.54) is 0 Å². The maximum atomic E-state index is 11.8. The van der Waals surface area contributed by atoms with Gasteiger partial charge in [-0.2, -0.15) is 0 Å². The Morgan fingerprint density at radius 3 is 2.94 bits per heavy atom. The minimum Gasteiger partial charge on any atom is -0.349 e. The molecule has 1 fully saturated rings. The smallest absolute Gasteiger partial charge is 0.251 e. The van der Waals surface area contributed by atoms with Crippen molar-refractivity contribution in [3.63, 3.8) is 0 Å². The molecule has 16 heavy (non-hydrogen) atoms. The van der Waals surface area contributed by atoms with Gasteiger partial charge in [0.25, 0.3) is 5.91 Å². The van der Waals surface area contributed by atoms with Crippen LogP contribution in [0.2, 0.25) is 0 Å². The van der Waals surface area contributed by atoms with E-state index in [0.29, 0.717) is 18.0 Å². The number of hydrogen-bond donors (Lipinski definition) is 2. The van der Waals surface area contributed by atoms with Gasteiger partial charge < -0.3 is 10.6 Å². The van der Waals surface area contributed by atoms with Crippen molar-refractivity contribution in [2.24, 2.45) is 0 Å². The summed E-state index contributed by atoms with van der Waals surface area (Å²) < 4.78 is 0. The summed E-state index contributed by atoms with van der Waals surface area (Å²) in [6.07, 6.45) is 2.54. The van der Waals surface area contributed by atoms with Crippen LogP contribution < -0.4 is 10.6 Å². The summed E-state index contributed by atoms with van der Waals surface area (Å²) in [6, 6.07) is 5.70. The SMILES string of the molecule is O=C1Cc2cc(C(=O)NC3CC3)ccc2N1. The first-order chi connectivity index (χ1) is 7.72. The van der Waals surface area contributed by atoms with Crippen molar-refractivity contribution in [2.75, 3.05) is 5.32 Å².